The fraction of sp³-hybridized carbons (Fsp3) is 0.188. The number of hydrogen-bond donors (Lipinski definition) is 2. The van der Waals surface area contributed by atoms with E-state index in [1.54, 1.807) is 24.3 Å². The molecule has 0 aliphatic carbocycles. The normalized spacial score (nSPS) is 10.9. The molecule has 0 radical (unpaired) electrons. The molecule has 0 saturated heterocycles. The van der Waals surface area contributed by atoms with Gasteiger partial charge in [-0.05, 0) is 48.7 Å². The molecule has 0 spiro atoms. The second-order valence-corrected chi connectivity index (χ2v) is 10.6. The van der Waals surface area contributed by atoms with Crippen LogP contribution in [0.25, 0.3) is 22.5 Å². The molecule has 0 fully saturated rings. The predicted octanol–water partition coefficient (Wildman–Crippen LogP) is 6.37. The molecule has 1 amide bonds. The molecule has 5 aromatic rings. The van der Waals surface area contributed by atoms with Crippen LogP contribution in [0.2, 0.25) is 0 Å². The van der Waals surface area contributed by atoms with Gasteiger partial charge in [0.05, 0.1) is 17.7 Å². The first kappa shape index (κ1) is 28.7. The molecule has 2 aromatic heterocycles. The minimum Gasteiger partial charge on any atom is -0.481 e. The van der Waals surface area contributed by atoms with Crippen LogP contribution in [0.4, 0.5) is 9.52 Å². The summed E-state index contributed by atoms with van der Waals surface area (Å²) in [5, 5.41) is 18.5. The van der Waals surface area contributed by atoms with Gasteiger partial charge in [0.2, 0.25) is 0 Å². The zero-order valence-electron chi connectivity index (χ0n) is 22.9. The summed E-state index contributed by atoms with van der Waals surface area (Å²) in [6.07, 6.45) is 0.546. The Labute approximate surface area is 246 Å². The van der Waals surface area contributed by atoms with E-state index >= 15 is 0 Å². The van der Waals surface area contributed by atoms with Crippen molar-refractivity contribution in [1.29, 1.82) is 0 Å². The SMILES string of the molecule is Cc1onc(-c2ccccc2)c1-c1csc(N(CCc2ccc(F)cc2)Cc2ccc(C(=O)NCCC(=O)O)cc2)n1. The predicted molar refractivity (Wildman–Crippen MR) is 160 cm³/mol. The molecule has 5 rings (SSSR count). The third-order valence-corrected chi connectivity index (χ3v) is 7.63. The molecular weight excluding hydrogens is 555 g/mol. The van der Waals surface area contributed by atoms with Crippen LogP contribution in [-0.2, 0) is 17.8 Å². The van der Waals surface area contributed by atoms with Crippen LogP contribution in [0.1, 0.15) is 33.7 Å². The Morgan fingerprint density at radius 1 is 1.00 bits per heavy atom. The van der Waals surface area contributed by atoms with Gasteiger partial charge >= 0.3 is 5.97 Å². The maximum absolute atomic E-state index is 13.5. The minimum atomic E-state index is -0.966. The number of aryl methyl sites for hydroxylation is 1. The Kier molecular flexibility index (Phi) is 9.03. The first-order valence-electron chi connectivity index (χ1n) is 13.4. The summed E-state index contributed by atoms with van der Waals surface area (Å²) in [7, 11) is 0. The standard InChI is InChI=1S/C32H29FN4O4S/c1-21-29(30(36-41-21)24-5-3-2-4-6-24)27-20-42-32(35-27)37(18-16-22-9-13-26(33)14-10-22)19-23-7-11-25(12-8-23)31(40)34-17-15-28(38)39/h2-14,20H,15-19H2,1H3,(H,34,40)(H,38,39). The Morgan fingerprint density at radius 3 is 2.43 bits per heavy atom. The van der Waals surface area contributed by atoms with Crippen molar-refractivity contribution in [3.63, 3.8) is 0 Å². The van der Waals surface area contributed by atoms with Gasteiger partial charge in [-0.15, -0.1) is 11.3 Å². The summed E-state index contributed by atoms with van der Waals surface area (Å²) in [6, 6.07) is 23.5. The number of amides is 1. The average Bonchev–Trinajstić information content (AvgIpc) is 3.63. The average molecular weight is 585 g/mol. The number of aromatic nitrogens is 2. The lowest BCUT2D eigenvalue weighted by atomic mass is 10.0. The summed E-state index contributed by atoms with van der Waals surface area (Å²) in [6.45, 7) is 3.10. The van der Waals surface area contributed by atoms with E-state index in [2.05, 4.69) is 15.4 Å². The van der Waals surface area contributed by atoms with Crippen LogP contribution in [0.15, 0.2) is 88.8 Å². The van der Waals surface area contributed by atoms with Gasteiger partial charge in [0.1, 0.15) is 17.3 Å². The van der Waals surface area contributed by atoms with Gasteiger partial charge in [-0.1, -0.05) is 59.8 Å². The Bertz CT molecular complexity index is 1650. The number of anilines is 1. The number of thiazole rings is 1. The lowest BCUT2D eigenvalue weighted by Crippen LogP contribution is -2.26. The molecule has 8 nitrogen and oxygen atoms in total. The molecule has 3 aromatic carbocycles. The summed E-state index contributed by atoms with van der Waals surface area (Å²) >= 11 is 1.52. The van der Waals surface area contributed by atoms with Gasteiger partial charge in [-0.3, -0.25) is 9.59 Å². The Hall–Kier alpha value is -4.83. The van der Waals surface area contributed by atoms with E-state index in [1.165, 1.54) is 23.5 Å². The molecule has 42 heavy (non-hydrogen) atoms. The second-order valence-electron chi connectivity index (χ2n) is 9.74. The molecule has 0 unspecified atom stereocenters. The van der Waals surface area contributed by atoms with E-state index in [0.717, 1.165) is 38.8 Å². The minimum absolute atomic E-state index is 0.0666. The zero-order chi connectivity index (χ0) is 29.5. The molecule has 0 aliphatic heterocycles. The van der Waals surface area contributed by atoms with Gasteiger partial charge in [0, 0.05) is 36.1 Å². The number of halogens is 1. The van der Waals surface area contributed by atoms with Crippen LogP contribution < -0.4 is 10.2 Å². The maximum Gasteiger partial charge on any atom is 0.305 e. The van der Waals surface area contributed by atoms with E-state index in [0.29, 0.717) is 30.8 Å². The highest BCUT2D eigenvalue weighted by molar-refractivity contribution is 7.14. The second kappa shape index (κ2) is 13.2. The Morgan fingerprint density at radius 2 is 1.71 bits per heavy atom. The summed E-state index contributed by atoms with van der Waals surface area (Å²) in [4.78, 5) is 30.2. The number of hydrogen-bond acceptors (Lipinski definition) is 7. The van der Waals surface area contributed by atoms with Crippen molar-refractivity contribution < 1.29 is 23.6 Å². The lowest BCUT2D eigenvalue weighted by molar-refractivity contribution is -0.136. The van der Waals surface area contributed by atoms with Gasteiger partial charge in [0.25, 0.3) is 5.91 Å². The van der Waals surface area contributed by atoms with Crippen LogP contribution in [0.3, 0.4) is 0 Å². The number of carboxylic acid groups (broad SMARTS) is 1. The third-order valence-electron chi connectivity index (χ3n) is 6.73. The molecule has 0 aliphatic rings. The van der Waals surface area contributed by atoms with Crippen LogP contribution in [0.5, 0.6) is 0 Å². The van der Waals surface area contributed by atoms with Crippen molar-refractivity contribution in [1.82, 2.24) is 15.5 Å². The summed E-state index contributed by atoms with van der Waals surface area (Å²) < 4.78 is 19.0. The quantitative estimate of drug-likeness (QED) is 0.176. The molecule has 10 heteroatoms. The lowest BCUT2D eigenvalue weighted by Gasteiger charge is -2.22. The number of aliphatic carboxylic acids is 1. The highest BCUT2D eigenvalue weighted by Crippen LogP contribution is 2.36. The third kappa shape index (κ3) is 7.08. The molecule has 0 bridgehead atoms. The van der Waals surface area contributed by atoms with Crippen molar-refractivity contribution in [2.24, 2.45) is 0 Å². The van der Waals surface area contributed by atoms with Crippen LogP contribution in [-0.4, -0.2) is 40.2 Å². The van der Waals surface area contributed by atoms with E-state index in [1.807, 2.05) is 54.8 Å². The van der Waals surface area contributed by atoms with Crippen molar-refractivity contribution in [2.45, 2.75) is 26.3 Å². The first-order valence-corrected chi connectivity index (χ1v) is 14.3. The monoisotopic (exact) mass is 584 g/mol. The van der Waals surface area contributed by atoms with E-state index < -0.39 is 5.97 Å². The van der Waals surface area contributed by atoms with E-state index in [-0.39, 0.29) is 24.7 Å². The number of benzene rings is 3. The van der Waals surface area contributed by atoms with Gasteiger partial charge < -0.3 is 19.8 Å². The molecule has 2 N–H and O–H groups in total. The van der Waals surface area contributed by atoms with E-state index in [9.17, 15) is 14.0 Å². The number of nitrogens with one attached hydrogen (secondary N) is 1. The van der Waals surface area contributed by atoms with Gasteiger partial charge in [-0.2, -0.15) is 0 Å². The number of carbonyl (C=O) groups is 2. The first-order chi connectivity index (χ1) is 20.4. The van der Waals surface area contributed by atoms with Gasteiger partial charge in [-0.25, -0.2) is 9.37 Å². The van der Waals surface area contributed by atoms with Gasteiger partial charge in [0.15, 0.2) is 5.13 Å². The van der Waals surface area contributed by atoms with Crippen molar-refractivity contribution in [3.8, 4) is 22.5 Å². The largest absolute Gasteiger partial charge is 0.481 e. The highest BCUT2D eigenvalue weighted by Gasteiger charge is 2.21. The fourth-order valence-electron chi connectivity index (χ4n) is 4.52. The number of nitrogens with zero attached hydrogens (tertiary/aromatic N) is 3. The van der Waals surface area contributed by atoms with Crippen LogP contribution >= 0.6 is 11.3 Å². The topological polar surface area (TPSA) is 109 Å². The molecule has 0 saturated carbocycles. The maximum atomic E-state index is 13.5. The summed E-state index contributed by atoms with van der Waals surface area (Å²) in [5.41, 5.74) is 5.73. The smallest absolute Gasteiger partial charge is 0.305 e. The summed E-state index contributed by atoms with van der Waals surface area (Å²) in [5.74, 6) is -0.877. The number of carboxylic acids is 1. The number of carbonyl (C=O) groups excluding carboxylic acids is 1. The Balaban J connectivity index is 1.38. The van der Waals surface area contributed by atoms with Crippen molar-refractivity contribution in [3.05, 3.63) is 113 Å². The van der Waals surface area contributed by atoms with E-state index in [4.69, 9.17) is 14.6 Å². The fourth-order valence-corrected chi connectivity index (χ4v) is 5.36. The number of rotatable bonds is 12. The molecule has 0 atom stereocenters. The van der Waals surface area contributed by atoms with Crippen molar-refractivity contribution in [2.75, 3.05) is 18.0 Å². The molecular formula is C32H29FN4O4S. The van der Waals surface area contributed by atoms with Crippen LogP contribution in [0, 0.1) is 12.7 Å². The molecule has 2 heterocycles. The van der Waals surface area contributed by atoms with Crippen molar-refractivity contribution >= 4 is 28.3 Å². The molecule has 214 valence electrons. The zero-order valence-corrected chi connectivity index (χ0v) is 23.7. The highest BCUT2D eigenvalue weighted by atomic mass is 32.1.